The number of halogens is 1. The van der Waals surface area contributed by atoms with E-state index in [0.29, 0.717) is 11.6 Å². The minimum atomic E-state index is -0.0704. The first kappa shape index (κ1) is 14.2. The molecule has 1 heterocycles. The molecule has 1 atom stereocenters. The number of rotatable bonds is 4. The van der Waals surface area contributed by atoms with Gasteiger partial charge in [0, 0.05) is 10.6 Å². The quantitative estimate of drug-likeness (QED) is 0.617. The Hall–Kier alpha value is -1.78. The van der Waals surface area contributed by atoms with Gasteiger partial charge in [0.15, 0.2) is 0 Å². The molecular formula is C16H12ClNO2S. The maximum atomic E-state index is 11.8. The number of carbonyl (C=O) groups is 1. The molecule has 21 heavy (non-hydrogen) atoms. The topological polar surface area (TPSA) is 38.7 Å². The fourth-order valence-corrected chi connectivity index (χ4v) is 3.19. The largest absolute Gasteiger partial charge is 0.391 e. The normalized spacial score (nSPS) is 17.2. The van der Waals surface area contributed by atoms with Gasteiger partial charge in [-0.2, -0.15) is 0 Å². The van der Waals surface area contributed by atoms with Crippen molar-refractivity contribution in [2.75, 3.05) is 0 Å². The van der Waals surface area contributed by atoms with Gasteiger partial charge in [-0.15, -0.1) is 0 Å². The lowest BCUT2D eigenvalue weighted by atomic mass is 10.1. The van der Waals surface area contributed by atoms with Crippen LogP contribution in [-0.4, -0.2) is 11.3 Å². The smallest absolute Gasteiger partial charge is 0.220 e. The van der Waals surface area contributed by atoms with E-state index in [9.17, 15) is 4.79 Å². The van der Waals surface area contributed by atoms with E-state index in [1.807, 2.05) is 48.5 Å². The summed E-state index contributed by atoms with van der Waals surface area (Å²) in [5.41, 5.74) is 2.75. The molecule has 3 nitrogen and oxygen atoms in total. The standard InChI is InChI=1S/C16H12ClNO2S/c17-12-7-5-11(6-8-12)10-20-18-9-15-13-3-1-2-4-14(13)16(19)21-15/h1-9,15H,10H2/b18-9+. The maximum Gasteiger partial charge on any atom is 0.220 e. The highest BCUT2D eigenvalue weighted by Gasteiger charge is 2.28. The zero-order valence-corrected chi connectivity index (χ0v) is 12.6. The summed E-state index contributed by atoms with van der Waals surface area (Å²) < 4.78 is 0. The molecule has 0 N–H and O–H groups in total. The van der Waals surface area contributed by atoms with Gasteiger partial charge in [0.1, 0.15) is 6.61 Å². The van der Waals surface area contributed by atoms with E-state index in [1.165, 1.54) is 11.8 Å². The molecule has 0 fully saturated rings. The van der Waals surface area contributed by atoms with Crippen LogP contribution in [-0.2, 0) is 11.4 Å². The number of fused-ring (bicyclic) bond motifs is 1. The van der Waals surface area contributed by atoms with Crippen molar-refractivity contribution in [1.82, 2.24) is 0 Å². The van der Waals surface area contributed by atoms with Gasteiger partial charge in [-0.3, -0.25) is 4.79 Å². The summed E-state index contributed by atoms with van der Waals surface area (Å²) in [6.07, 6.45) is 1.67. The molecule has 1 aliphatic heterocycles. The minimum absolute atomic E-state index is 0.0704. The average Bonchev–Trinajstić information content (AvgIpc) is 2.83. The van der Waals surface area contributed by atoms with Gasteiger partial charge in [-0.25, -0.2) is 0 Å². The summed E-state index contributed by atoms with van der Waals surface area (Å²) in [6.45, 7) is 0.376. The number of nitrogens with zero attached hydrogens (tertiary/aromatic N) is 1. The maximum absolute atomic E-state index is 11.8. The van der Waals surface area contributed by atoms with Gasteiger partial charge in [-0.05, 0) is 23.3 Å². The molecule has 1 unspecified atom stereocenters. The Bertz CT molecular complexity index is 685. The summed E-state index contributed by atoms with van der Waals surface area (Å²) in [7, 11) is 0. The number of thioether (sulfide) groups is 1. The van der Waals surface area contributed by atoms with Gasteiger partial charge in [0.25, 0.3) is 0 Å². The molecule has 0 saturated carbocycles. The molecule has 0 saturated heterocycles. The number of carbonyl (C=O) groups excluding carboxylic acids is 1. The predicted molar refractivity (Wildman–Crippen MR) is 85.8 cm³/mol. The molecule has 5 heteroatoms. The highest BCUT2D eigenvalue weighted by atomic mass is 35.5. The lowest BCUT2D eigenvalue weighted by Crippen LogP contribution is -1.93. The van der Waals surface area contributed by atoms with E-state index in [2.05, 4.69) is 5.16 Å². The van der Waals surface area contributed by atoms with Crippen LogP contribution >= 0.6 is 23.4 Å². The Balaban J connectivity index is 1.60. The molecule has 106 valence electrons. The van der Waals surface area contributed by atoms with Gasteiger partial charge in [0.05, 0.1) is 11.5 Å². The molecule has 1 aliphatic rings. The van der Waals surface area contributed by atoms with Crippen molar-refractivity contribution in [3.8, 4) is 0 Å². The summed E-state index contributed by atoms with van der Waals surface area (Å²) in [5, 5.41) is 4.68. The van der Waals surface area contributed by atoms with Crippen LogP contribution in [0.2, 0.25) is 5.02 Å². The van der Waals surface area contributed by atoms with Crippen LogP contribution in [0.25, 0.3) is 0 Å². The van der Waals surface area contributed by atoms with Crippen LogP contribution in [0, 0.1) is 0 Å². The van der Waals surface area contributed by atoms with Crippen LogP contribution in [0.3, 0.4) is 0 Å². The van der Waals surface area contributed by atoms with Crippen molar-refractivity contribution in [2.24, 2.45) is 5.16 Å². The third kappa shape index (κ3) is 3.28. The van der Waals surface area contributed by atoms with Crippen molar-refractivity contribution < 1.29 is 9.63 Å². The van der Waals surface area contributed by atoms with E-state index in [0.717, 1.165) is 16.7 Å². The summed E-state index contributed by atoms with van der Waals surface area (Å²) >= 11 is 7.07. The molecule has 2 aromatic rings. The first-order chi connectivity index (χ1) is 10.2. The van der Waals surface area contributed by atoms with E-state index < -0.39 is 0 Å². The van der Waals surface area contributed by atoms with Crippen molar-refractivity contribution in [2.45, 2.75) is 11.9 Å². The Morgan fingerprint density at radius 2 is 1.95 bits per heavy atom. The van der Waals surface area contributed by atoms with E-state index >= 15 is 0 Å². The second-order valence-electron chi connectivity index (χ2n) is 4.57. The second-order valence-corrected chi connectivity index (χ2v) is 6.12. The van der Waals surface area contributed by atoms with E-state index in [-0.39, 0.29) is 10.4 Å². The number of hydrogen-bond acceptors (Lipinski definition) is 4. The van der Waals surface area contributed by atoms with Crippen LogP contribution in [0.15, 0.2) is 53.7 Å². The monoisotopic (exact) mass is 317 g/mol. The third-order valence-electron chi connectivity index (χ3n) is 3.14. The second kappa shape index (κ2) is 6.33. The Morgan fingerprint density at radius 3 is 2.76 bits per heavy atom. The van der Waals surface area contributed by atoms with Crippen LogP contribution < -0.4 is 0 Å². The van der Waals surface area contributed by atoms with Crippen molar-refractivity contribution in [3.05, 3.63) is 70.2 Å². The summed E-state index contributed by atoms with van der Waals surface area (Å²) in [5.74, 6) is 0. The fourth-order valence-electron chi connectivity index (χ4n) is 2.07. The van der Waals surface area contributed by atoms with Gasteiger partial charge in [0.2, 0.25) is 5.12 Å². The third-order valence-corrected chi connectivity index (χ3v) is 4.45. The molecule has 0 spiro atoms. The van der Waals surface area contributed by atoms with Crippen LogP contribution in [0.1, 0.15) is 26.7 Å². The molecule has 0 radical (unpaired) electrons. The van der Waals surface area contributed by atoms with Crippen LogP contribution in [0.4, 0.5) is 0 Å². The Labute approximate surface area is 131 Å². The zero-order chi connectivity index (χ0) is 14.7. The number of hydrogen-bond donors (Lipinski definition) is 0. The molecule has 0 bridgehead atoms. The summed E-state index contributed by atoms with van der Waals surface area (Å²) in [4.78, 5) is 17.1. The average molecular weight is 318 g/mol. The van der Waals surface area contributed by atoms with Crippen molar-refractivity contribution >= 4 is 34.7 Å². The molecule has 0 amide bonds. The fraction of sp³-hybridized carbons (Fsp3) is 0.125. The highest BCUT2D eigenvalue weighted by molar-refractivity contribution is 8.15. The lowest BCUT2D eigenvalue weighted by Gasteiger charge is -2.03. The molecule has 2 aromatic carbocycles. The Morgan fingerprint density at radius 1 is 1.19 bits per heavy atom. The van der Waals surface area contributed by atoms with E-state index in [4.69, 9.17) is 16.4 Å². The predicted octanol–water partition coefficient (Wildman–Crippen LogP) is 4.47. The van der Waals surface area contributed by atoms with Crippen molar-refractivity contribution in [1.29, 1.82) is 0 Å². The molecule has 3 rings (SSSR count). The zero-order valence-electron chi connectivity index (χ0n) is 11.0. The molecular weight excluding hydrogens is 306 g/mol. The summed E-state index contributed by atoms with van der Waals surface area (Å²) in [6, 6.07) is 15.0. The van der Waals surface area contributed by atoms with Gasteiger partial charge >= 0.3 is 0 Å². The number of oxime groups is 1. The highest BCUT2D eigenvalue weighted by Crippen LogP contribution is 2.39. The van der Waals surface area contributed by atoms with E-state index in [1.54, 1.807) is 6.21 Å². The lowest BCUT2D eigenvalue weighted by molar-refractivity contribution is 0.109. The first-order valence-corrected chi connectivity index (χ1v) is 7.69. The number of benzene rings is 2. The minimum Gasteiger partial charge on any atom is -0.391 e. The molecule has 0 aliphatic carbocycles. The van der Waals surface area contributed by atoms with Gasteiger partial charge < -0.3 is 4.84 Å². The Kier molecular flexibility index (Phi) is 4.27. The van der Waals surface area contributed by atoms with Gasteiger partial charge in [-0.1, -0.05) is 64.9 Å². The van der Waals surface area contributed by atoms with Crippen LogP contribution in [0.5, 0.6) is 0 Å². The first-order valence-electron chi connectivity index (χ1n) is 6.44. The SMILES string of the molecule is O=C1SC(/C=N/OCc2ccc(Cl)cc2)c2ccccc21. The molecule has 0 aromatic heterocycles. The van der Waals surface area contributed by atoms with Crippen molar-refractivity contribution in [3.63, 3.8) is 0 Å².